The van der Waals surface area contributed by atoms with Crippen LogP contribution in [-0.4, -0.2) is 6.03 Å². The number of benzene rings is 2. The molecule has 2 N–H and O–H groups in total. The highest BCUT2D eigenvalue weighted by molar-refractivity contribution is 9.10. The molecule has 0 saturated heterocycles. The number of halogens is 4. The Bertz CT molecular complexity index is 664. The van der Waals surface area contributed by atoms with Crippen molar-refractivity contribution in [1.82, 2.24) is 0 Å². The van der Waals surface area contributed by atoms with Gasteiger partial charge in [-0.05, 0) is 30.3 Å². The summed E-state index contributed by atoms with van der Waals surface area (Å²) in [6, 6.07) is 6.24. The number of anilines is 2. The van der Waals surface area contributed by atoms with Gasteiger partial charge in [0, 0.05) is 16.2 Å². The molecule has 0 fully saturated rings. The van der Waals surface area contributed by atoms with Crippen LogP contribution in [0.2, 0.25) is 0 Å². The molecule has 0 radical (unpaired) electrons. The van der Waals surface area contributed by atoms with E-state index in [2.05, 4.69) is 26.6 Å². The second-order valence-corrected chi connectivity index (χ2v) is 4.75. The van der Waals surface area contributed by atoms with Gasteiger partial charge in [-0.15, -0.1) is 0 Å². The van der Waals surface area contributed by atoms with Crippen LogP contribution < -0.4 is 10.6 Å². The minimum atomic E-state index is -1.09. The van der Waals surface area contributed by atoms with Crippen LogP contribution in [0.5, 0.6) is 0 Å². The lowest BCUT2D eigenvalue weighted by molar-refractivity contribution is 0.262. The number of hydrogen-bond acceptors (Lipinski definition) is 1. The Morgan fingerprint density at radius 1 is 0.900 bits per heavy atom. The Morgan fingerprint density at radius 2 is 1.65 bits per heavy atom. The third-order valence-corrected chi connectivity index (χ3v) is 2.85. The van der Waals surface area contributed by atoms with Crippen molar-refractivity contribution >= 4 is 33.3 Å². The first-order valence-corrected chi connectivity index (χ1v) is 6.23. The summed E-state index contributed by atoms with van der Waals surface area (Å²) in [6.45, 7) is 0. The number of nitrogens with one attached hydrogen (secondary N) is 2. The van der Waals surface area contributed by atoms with Crippen molar-refractivity contribution < 1.29 is 18.0 Å². The summed E-state index contributed by atoms with van der Waals surface area (Å²) < 4.78 is 39.7. The zero-order valence-electron chi connectivity index (χ0n) is 9.88. The second-order valence-electron chi connectivity index (χ2n) is 3.83. The van der Waals surface area contributed by atoms with Gasteiger partial charge in [-0.1, -0.05) is 15.9 Å². The third kappa shape index (κ3) is 3.51. The van der Waals surface area contributed by atoms with E-state index >= 15 is 0 Å². The van der Waals surface area contributed by atoms with Gasteiger partial charge in [-0.3, -0.25) is 0 Å². The molecule has 20 heavy (non-hydrogen) atoms. The Balaban J connectivity index is 2.07. The summed E-state index contributed by atoms with van der Waals surface area (Å²) in [6.07, 6.45) is 0. The molecular weight excluding hydrogens is 337 g/mol. The van der Waals surface area contributed by atoms with Crippen molar-refractivity contribution in [3.63, 3.8) is 0 Å². The van der Waals surface area contributed by atoms with Crippen LogP contribution >= 0.6 is 15.9 Å². The largest absolute Gasteiger partial charge is 0.323 e. The van der Waals surface area contributed by atoms with Gasteiger partial charge in [0.1, 0.15) is 5.82 Å². The van der Waals surface area contributed by atoms with E-state index in [9.17, 15) is 18.0 Å². The molecule has 0 aromatic heterocycles. The summed E-state index contributed by atoms with van der Waals surface area (Å²) in [5.74, 6) is -2.73. The molecule has 7 heteroatoms. The van der Waals surface area contributed by atoms with Crippen LogP contribution in [-0.2, 0) is 0 Å². The van der Waals surface area contributed by atoms with E-state index in [1.165, 1.54) is 18.2 Å². The summed E-state index contributed by atoms with van der Waals surface area (Å²) in [5.41, 5.74) is 0.0206. The Labute approximate surface area is 120 Å². The Hall–Kier alpha value is -2.02. The molecule has 104 valence electrons. The third-order valence-electron chi connectivity index (χ3n) is 2.36. The van der Waals surface area contributed by atoms with Crippen molar-refractivity contribution in [1.29, 1.82) is 0 Å². The van der Waals surface area contributed by atoms with Gasteiger partial charge < -0.3 is 10.6 Å². The highest BCUT2D eigenvalue weighted by atomic mass is 79.9. The van der Waals surface area contributed by atoms with Crippen LogP contribution in [0, 0.1) is 17.5 Å². The highest BCUT2D eigenvalue weighted by Crippen LogP contribution is 2.20. The maximum absolute atomic E-state index is 13.5. The molecule has 0 aliphatic carbocycles. The Kier molecular flexibility index (Phi) is 4.29. The van der Waals surface area contributed by atoms with Gasteiger partial charge in [0.05, 0.1) is 5.69 Å². The van der Waals surface area contributed by atoms with Gasteiger partial charge >= 0.3 is 6.03 Å². The molecule has 0 aliphatic heterocycles. The molecular formula is C13H8BrF3N2O. The van der Waals surface area contributed by atoms with E-state index in [0.29, 0.717) is 4.47 Å². The zero-order chi connectivity index (χ0) is 14.7. The van der Waals surface area contributed by atoms with Crippen molar-refractivity contribution in [2.45, 2.75) is 0 Å². The predicted octanol–water partition coefficient (Wildman–Crippen LogP) is 4.51. The van der Waals surface area contributed by atoms with Gasteiger partial charge in [0.15, 0.2) is 11.6 Å². The molecule has 2 aromatic rings. The van der Waals surface area contributed by atoms with Crippen LogP contribution in [0.3, 0.4) is 0 Å². The quantitative estimate of drug-likeness (QED) is 0.826. The molecule has 2 amide bonds. The Morgan fingerprint density at radius 3 is 2.30 bits per heavy atom. The summed E-state index contributed by atoms with van der Waals surface area (Å²) in [4.78, 5) is 11.6. The predicted molar refractivity (Wildman–Crippen MR) is 73.1 cm³/mol. The number of urea groups is 1. The van der Waals surface area contributed by atoms with Crippen molar-refractivity contribution in [2.75, 3.05) is 10.6 Å². The van der Waals surface area contributed by atoms with Crippen LogP contribution in [0.4, 0.5) is 29.3 Å². The van der Waals surface area contributed by atoms with Gasteiger partial charge in [0.25, 0.3) is 0 Å². The first-order valence-electron chi connectivity index (χ1n) is 5.44. The fourth-order valence-electron chi connectivity index (χ4n) is 1.45. The average molecular weight is 345 g/mol. The lowest BCUT2D eigenvalue weighted by atomic mass is 10.3. The summed E-state index contributed by atoms with van der Waals surface area (Å²) >= 11 is 3.09. The lowest BCUT2D eigenvalue weighted by Crippen LogP contribution is -2.20. The molecule has 0 aliphatic rings. The molecule has 3 nitrogen and oxygen atoms in total. The monoisotopic (exact) mass is 344 g/mol. The fourth-order valence-corrected chi connectivity index (χ4v) is 1.78. The average Bonchev–Trinajstić information content (AvgIpc) is 2.37. The van der Waals surface area contributed by atoms with E-state index in [1.807, 2.05) is 0 Å². The van der Waals surface area contributed by atoms with Crippen LogP contribution in [0.25, 0.3) is 0 Å². The molecule has 0 heterocycles. The van der Waals surface area contributed by atoms with Crippen LogP contribution in [0.15, 0.2) is 40.9 Å². The molecule has 0 bridgehead atoms. The van der Waals surface area contributed by atoms with Crippen molar-refractivity contribution in [2.24, 2.45) is 0 Å². The number of amides is 2. The first-order chi connectivity index (χ1) is 9.45. The molecule has 0 atom stereocenters. The number of carbonyl (C=O) groups is 1. The lowest BCUT2D eigenvalue weighted by Gasteiger charge is -2.09. The molecule has 0 spiro atoms. The smallest absolute Gasteiger partial charge is 0.308 e. The molecule has 0 saturated carbocycles. The first kappa shape index (κ1) is 14.4. The van der Waals surface area contributed by atoms with E-state index in [-0.39, 0.29) is 11.4 Å². The van der Waals surface area contributed by atoms with Crippen molar-refractivity contribution in [3.8, 4) is 0 Å². The molecule has 2 aromatic carbocycles. The maximum atomic E-state index is 13.5. The minimum Gasteiger partial charge on any atom is -0.308 e. The summed E-state index contributed by atoms with van der Waals surface area (Å²) in [7, 11) is 0. The minimum absolute atomic E-state index is 0.0340. The van der Waals surface area contributed by atoms with Crippen molar-refractivity contribution in [3.05, 3.63) is 58.3 Å². The normalized spacial score (nSPS) is 10.2. The number of carbonyl (C=O) groups excluding carboxylic acids is 1. The van der Waals surface area contributed by atoms with Gasteiger partial charge in [-0.25, -0.2) is 18.0 Å². The zero-order valence-corrected chi connectivity index (χ0v) is 11.5. The standard InChI is InChI=1S/C13H8BrF3N2O/c14-7-1-4-12(11(17)5-7)19-13(20)18-8-2-3-9(15)10(16)6-8/h1-6H,(H2,18,19,20). The number of rotatable bonds is 2. The van der Waals surface area contributed by atoms with Gasteiger partial charge in [0.2, 0.25) is 0 Å². The topological polar surface area (TPSA) is 41.1 Å². The maximum Gasteiger partial charge on any atom is 0.323 e. The fraction of sp³-hybridized carbons (Fsp3) is 0. The highest BCUT2D eigenvalue weighted by Gasteiger charge is 2.09. The second kappa shape index (κ2) is 5.96. The van der Waals surface area contributed by atoms with E-state index in [0.717, 1.165) is 12.1 Å². The SMILES string of the molecule is O=C(Nc1ccc(F)c(F)c1)Nc1ccc(Br)cc1F. The van der Waals surface area contributed by atoms with Crippen LogP contribution in [0.1, 0.15) is 0 Å². The number of hydrogen-bond donors (Lipinski definition) is 2. The molecule has 2 rings (SSSR count). The summed E-state index contributed by atoms with van der Waals surface area (Å²) in [5, 5.41) is 4.52. The van der Waals surface area contributed by atoms with E-state index < -0.39 is 23.5 Å². The molecule has 0 unspecified atom stereocenters. The van der Waals surface area contributed by atoms with E-state index in [1.54, 1.807) is 6.07 Å². The van der Waals surface area contributed by atoms with Gasteiger partial charge in [-0.2, -0.15) is 0 Å². The van der Waals surface area contributed by atoms with E-state index in [4.69, 9.17) is 0 Å².